The molecule has 10 aromatic carbocycles. The molecule has 0 saturated carbocycles. The Morgan fingerprint density at radius 3 is 1.55 bits per heavy atom. The summed E-state index contributed by atoms with van der Waals surface area (Å²) >= 11 is 0. The highest BCUT2D eigenvalue weighted by Crippen LogP contribution is 2.48. The number of furan rings is 1. The summed E-state index contributed by atoms with van der Waals surface area (Å²) in [5.41, 5.74) is -6.52. The summed E-state index contributed by atoms with van der Waals surface area (Å²) in [5, 5.41) is -8.06. The van der Waals surface area contributed by atoms with Gasteiger partial charge >= 0.3 is 0 Å². The third-order valence-corrected chi connectivity index (χ3v) is 8.57. The zero-order valence-electron chi connectivity index (χ0n) is 55.4. The van der Waals surface area contributed by atoms with Gasteiger partial charge in [0.05, 0.1) is 41.1 Å². The molecule has 0 aliphatic carbocycles. The second-order valence-corrected chi connectivity index (χ2v) is 11.3. The van der Waals surface area contributed by atoms with E-state index in [4.69, 9.17) is 29.1 Å². The Morgan fingerprint density at radius 2 is 0.824 bits per heavy atom. The summed E-state index contributed by atoms with van der Waals surface area (Å²) in [6.45, 7) is 0. The fourth-order valence-corrected chi connectivity index (χ4v) is 6.45. The predicted molar refractivity (Wildman–Crippen MR) is 218 cm³/mol. The van der Waals surface area contributed by atoms with Crippen LogP contribution in [-0.2, 0) is 0 Å². The van der Waals surface area contributed by atoms with Crippen LogP contribution < -0.4 is 0 Å². The summed E-state index contributed by atoms with van der Waals surface area (Å²) in [6, 6.07) is -28.8. The van der Waals surface area contributed by atoms with Crippen molar-refractivity contribution in [1.82, 2.24) is 0 Å². The number of benzene rings is 10. The van der Waals surface area contributed by atoms with Gasteiger partial charge in [-0.2, -0.15) is 0 Å². The Hall–Kier alpha value is -6.70. The zero-order chi connectivity index (χ0) is 59.6. The summed E-state index contributed by atoms with van der Waals surface area (Å²) in [4.78, 5) is 0. The second kappa shape index (κ2) is 10.9. The van der Waals surface area contributed by atoms with Crippen molar-refractivity contribution in [3.05, 3.63) is 181 Å². The molecule has 1 heterocycles. The molecule has 1 heteroatoms. The molecule has 0 aliphatic heterocycles. The van der Waals surface area contributed by atoms with Crippen LogP contribution in [0.15, 0.2) is 186 Å². The minimum Gasteiger partial charge on any atom is -0.456 e. The van der Waals surface area contributed by atoms with Gasteiger partial charge < -0.3 is 4.42 Å². The van der Waals surface area contributed by atoms with Crippen LogP contribution in [-0.4, -0.2) is 0 Å². The largest absolute Gasteiger partial charge is 0.456 e. The van der Waals surface area contributed by atoms with Crippen LogP contribution in [0.2, 0.25) is 0 Å². The fraction of sp³-hybridized carbons (Fsp3) is 0. The van der Waals surface area contributed by atoms with Crippen LogP contribution in [0.5, 0.6) is 0 Å². The third kappa shape index (κ3) is 4.22. The average molecular weight is 677 g/mol. The molecule has 11 aromatic rings. The van der Waals surface area contributed by atoms with E-state index in [0.717, 1.165) is 0 Å². The molecule has 0 unspecified atom stereocenters. The van der Waals surface area contributed by atoms with E-state index in [9.17, 15) is 16.4 Å². The first kappa shape index (κ1) is 11.7. The molecule has 51 heavy (non-hydrogen) atoms. The minimum atomic E-state index is -1.14. The molecule has 0 N–H and O–H groups in total. The molecule has 1 nitrogen and oxygen atoms in total. The maximum atomic E-state index is 9.96. The van der Waals surface area contributed by atoms with Crippen LogP contribution in [0.4, 0.5) is 0 Å². The van der Waals surface area contributed by atoms with Crippen molar-refractivity contribution in [2.45, 2.75) is 0 Å². The van der Waals surface area contributed by atoms with Gasteiger partial charge in [0.2, 0.25) is 0 Å². The zero-order valence-corrected chi connectivity index (χ0v) is 25.4. The first-order chi connectivity index (χ1) is 37.8. The highest BCUT2D eigenvalue weighted by Gasteiger charge is 2.21. The molecule has 0 fully saturated rings. The van der Waals surface area contributed by atoms with Crippen molar-refractivity contribution >= 4 is 75.8 Å². The van der Waals surface area contributed by atoms with E-state index >= 15 is 0 Å². The first-order valence-corrected chi connectivity index (χ1v) is 15.2. The van der Waals surface area contributed by atoms with Gasteiger partial charge in [0.1, 0.15) is 11.2 Å². The molecule has 0 atom stereocenters. The lowest BCUT2D eigenvalue weighted by atomic mass is 9.82. The topological polar surface area (TPSA) is 13.1 Å². The van der Waals surface area contributed by atoms with Gasteiger partial charge in [-0.05, 0) is 111 Å². The van der Waals surface area contributed by atoms with Gasteiger partial charge in [-0.25, -0.2) is 0 Å². The highest BCUT2D eigenvalue weighted by atomic mass is 16.3. The van der Waals surface area contributed by atoms with Crippen LogP contribution in [0.25, 0.3) is 109 Å². The standard InChI is InChI=1S/C50H30O/c1-2-14-34-29-35(22-21-31(34)11-1)48-39-17-7-9-19-41(39)49(42-20-10-8-18-40(42)48)44-27-23-32-12-3-5-15-37(32)47(44)36-24-26-43-46(30-36)51-45-28-25-33-13-4-6-16-38(33)50(43)45/h1-30H/i1D,2D,3D,4D,5D,6D,7D,8D,9D,10D,11D,12D,13D,14D,15D,16D,17D,18D,19D,20D,21D,22D,23D,24D,25D,26D,27D,28D,29D,30D. The van der Waals surface area contributed by atoms with Gasteiger partial charge in [-0.1, -0.05) is 157 Å². The molecule has 0 radical (unpaired) electrons. The van der Waals surface area contributed by atoms with E-state index in [1.54, 1.807) is 0 Å². The Bertz CT molecular complexity index is 4850. The lowest BCUT2D eigenvalue weighted by molar-refractivity contribution is 0.669. The molecular weight excluding hydrogens is 617 g/mol. The molecule has 0 aliphatic rings. The van der Waals surface area contributed by atoms with Crippen molar-refractivity contribution in [2.24, 2.45) is 0 Å². The molecule has 0 saturated heterocycles. The molecule has 0 amide bonds. The van der Waals surface area contributed by atoms with E-state index in [2.05, 4.69) is 0 Å². The van der Waals surface area contributed by atoms with Gasteiger partial charge in [0.25, 0.3) is 0 Å². The van der Waals surface area contributed by atoms with E-state index in [0.29, 0.717) is 0 Å². The van der Waals surface area contributed by atoms with E-state index in [1.807, 2.05) is 0 Å². The number of hydrogen-bond acceptors (Lipinski definition) is 1. The normalized spacial score (nSPS) is 20.2. The van der Waals surface area contributed by atoms with Gasteiger partial charge in [0.15, 0.2) is 0 Å². The third-order valence-electron chi connectivity index (χ3n) is 8.57. The van der Waals surface area contributed by atoms with E-state index in [1.165, 1.54) is 0 Å². The highest BCUT2D eigenvalue weighted by molar-refractivity contribution is 6.24. The number of hydrogen-bond donors (Lipinski definition) is 0. The maximum Gasteiger partial charge on any atom is 0.136 e. The second-order valence-electron chi connectivity index (χ2n) is 11.3. The van der Waals surface area contributed by atoms with Crippen molar-refractivity contribution < 1.29 is 45.5 Å². The lowest BCUT2D eigenvalue weighted by Gasteiger charge is -2.21. The van der Waals surface area contributed by atoms with Crippen LogP contribution in [0, 0.1) is 0 Å². The smallest absolute Gasteiger partial charge is 0.136 e. The van der Waals surface area contributed by atoms with Crippen molar-refractivity contribution in [3.63, 3.8) is 0 Å². The quantitative estimate of drug-likeness (QED) is 0.170. The van der Waals surface area contributed by atoms with E-state index in [-0.39, 0.29) is 0 Å². The predicted octanol–water partition coefficient (Wildman–Crippen LogP) is 14.4. The summed E-state index contributed by atoms with van der Waals surface area (Å²) < 4.78 is 280. The SMILES string of the molecule is [2H]c1c([2H])c([2H])c2c([2H])c(-c3c4c([2H])c([2H])c([2H])c([2H])c4c(-c4c([2H])c([2H])c5c([2H])c([2H])c([2H])c([2H])c5c4-c4c([2H])c([2H])c5c(oc6c([2H])c([2H])c7c([2H])c([2H])c([2H])c([2H])c7c65)c4[2H])c4c([2H])c([2H])c([2H])c([2H])c34)c([2H])c([2H])c2c1[2H]. The maximum absolute atomic E-state index is 9.96. The minimum absolute atomic E-state index is 0.413. The van der Waals surface area contributed by atoms with Crippen molar-refractivity contribution in [2.75, 3.05) is 0 Å². The van der Waals surface area contributed by atoms with Crippen molar-refractivity contribution in [3.8, 4) is 33.4 Å². The summed E-state index contributed by atoms with van der Waals surface area (Å²) in [7, 11) is 0. The van der Waals surface area contributed by atoms with Crippen molar-refractivity contribution in [1.29, 1.82) is 0 Å². The molecular formula is C50H30O. The van der Waals surface area contributed by atoms with Crippen LogP contribution >= 0.6 is 0 Å². The van der Waals surface area contributed by atoms with Crippen LogP contribution in [0.1, 0.15) is 41.1 Å². The van der Waals surface area contributed by atoms with Gasteiger partial charge in [-0.3, -0.25) is 0 Å². The molecule has 0 bridgehead atoms. The Labute approximate surface area is 336 Å². The average Bonchev–Trinajstić information content (AvgIpc) is 3.38. The number of fused-ring (bicyclic) bond motifs is 9. The molecule has 0 spiro atoms. The molecule has 236 valence electrons. The van der Waals surface area contributed by atoms with Gasteiger partial charge in [0, 0.05) is 10.8 Å². The first-order valence-electron chi connectivity index (χ1n) is 30.2. The van der Waals surface area contributed by atoms with Gasteiger partial charge in [-0.15, -0.1) is 0 Å². The molecule has 1 aromatic heterocycles. The lowest BCUT2D eigenvalue weighted by Crippen LogP contribution is -1.94. The Balaban J connectivity index is 1.48. The number of rotatable bonds is 3. The molecule has 11 rings (SSSR count). The van der Waals surface area contributed by atoms with Crippen LogP contribution in [0.3, 0.4) is 0 Å². The fourth-order valence-electron chi connectivity index (χ4n) is 6.45. The monoisotopic (exact) mass is 676 g/mol. The Kier molecular flexibility index (Phi) is 2.50. The summed E-state index contributed by atoms with van der Waals surface area (Å²) in [5.74, 6) is 0. The Morgan fingerprint density at radius 1 is 0.314 bits per heavy atom. The summed E-state index contributed by atoms with van der Waals surface area (Å²) in [6.07, 6.45) is 0. The van der Waals surface area contributed by atoms with E-state index < -0.39 is 290 Å².